The third-order valence-electron chi connectivity index (χ3n) is 4.54. The van der Waals surface area contributed by atoms with Crippen molar-refractivity contribution in [2.75, 3.05) is 0 Å². The van der Waals surface area contributed by atoms with E-state index >= 15 is 0 Å². The van der Waals surface area contributed by atoms with Gasteiger partial charge in [-0.15, -0.1) is 0 Å². The van der Waals surface area contributed by atoms with Crippen molar-refractivity contribution >= 4 is 32.6 Å². The average molecular weight is 273 g/mol. The van der Waals surface area contributed by atoms with Gasteiger partial charge in [-0.1, -0.05) is 56.3 Å². The maximum absolute atomic E-state index is 3.69. The first-order chi connectivity index (χ1) is 10.3. The van der Waals surface area contributed by atoms with Crippen molar-refractivity contribution in [2.24, 2.45) is 0 Å². The second kappa shape index (κ2) is 4.63. The highest BCUT2D eigenvalue weighted by Crippen LogP contribution is 2.33. The molecule has 0 bridgehead atoms. The molecule has 0 aliphatic carbocycles. The summed E-state index contributed by atoms with van der Waals surface area (Å²) in [6.45, 7) is 4.46. The molecule has 0 fully saturated rings. The zero-order valence-corrected chi connectivity index (χ0v) is 12.5. The SMILES string of the molecule is CCc1cc(CC)c2[nH]c3c4ccccc4ccc3c2c1. The fraction of sp³-hybridized carbons (Fsp3) is 0.200. The summed E-state index contributed by atoms with van der Waals surface area (Å²) in [6.07, 6.45) is 2.15. The molecule has 4 rings (SSSR count). The van der Waals surface area contributed by atoms with E-state index in [9.17, 15) is 0 Å². The van der Waals surface area contributed by atoms with Gasteiger partial charge in [0.2, 0.25) is 0 Å². The molecule has 1 aromatic heterocycles. The van der Waals surface area contributed by atoms with Gasteiger partial charge in [-0.25, -0.2) is 0 Å². The minimum atomic E-state index is 1.06. The van der Waals surface area contributed by atoms with Crippen LogP contribution in [-0.4, -0.2) is 4.98 Å². The maximum atomic E-state index is 3.69. The number of aryl methyl sites for hydroxylation is 2. The summed E-state index contributed by atoms with van der Waals surface area (Å²) in [5.74, 6) is 0. The largest absolute Gasteiger partial charge is 0.354 e. The Balaban J connectivity index is 2.22. The maximum Gasteiger partial charge on any atom is 0.0544 e. The fourth-order valence-corrected chi connectivity index (χ4v) is 3.37. The van der Waals surface area contributed by atoms with E-state index in [1.165, 1.54) is 43.7 Å². The van der Waals surface area contributed by atoms with Gasteiger partial charge >= 0.3 is 0 Å². The Morgan fingerprint density at radius 1 is 0.762 bits per heavy atom. The normalized spacial score (nSPS) is 11.7. The smallest absolute Gasteiger partial charge is 0.0544 e. The monoisotopic (exact) mass is 273 g/mol. The highest BCUT2D eigenvalue weighted by Gasteiger charge is 2.11. The molecule has 1 heterocycles. The number of hydrogen-bond acceptors (Lipinski definition) is 0. The second-order valence-electron chi connectivity index (χ2n) is 5.72. The predicted molar refractivity (Wildman–Crippen MR) is 92.1 cm³/mol. The van der Waals surface area contributed by atoms with Crippen molar-refractivity contribution < 1.29 is 0 Å². The van der Waals surface area contributed by atoms with Crippen LogP contribution in [0.25, 0.3) is 32.6 Å². The molecular formula is C20H19N. The molecule has 104 valence electrons. The summed E-state index contributed by atoms with van der Waals surface area (Å²) >= 11 is 0. The van der Waals surface area contributed by atoms with E-state index in [4.69, 9.17) is 0 Å². The van der Waals surface area contributed by atoms with E-state index in [1.807, 2.05) is 0 Å². The Morgan fingerprint density at radius 2 is 1.62 bits per heavy atom. The number of nitrogens with one attached hydrogen (secondary N) is 1. The van der Waals surface area contributed by atoms with Gasteiger partial charge in [0.05, 0.1) is 5.52 Å². The lowest BCUT2D eigenvalue weighted by atomic mass is 10.0. The van der Waals surface area contributed by atoms with Gasteiger partial charge in [-0.05, 0) is 35.4 Å². The van der Waals surface area contributed by atoms with Gasteiger partial charge in [-0.3, -0.25) is 0 Å². The molecule has 0 aliphatic heterocycles. The molecule has 0 amide bonds. The second-order valence-corrected chi connectivity index (χ2v) is 5.72. The van der Waals surface area contributed by atoms with Gasteiger partial charge < -0.3 is 4.98 Å². The van der Waals surface area contributed by atoms with Crippen LogP contribution < -0.4 is 0 Å². The van der Waals surface area contributed by atoms with Crippen LogP contribution >= 0.6 is 0 Å². The third kappa shape index (κ3) is 1.77. The van der Waals surface area contributed by atoms with E-state index in [-0.39, 0.29) is 0 Å². The van der Waals surface area contributed by atoms with Crippen molar-refractivity contribution in [1.82, 2.24) is 4.98 Å². The minimum absolute atomic E-state index is 1.06. The number of rotatable bonds is 2. The van der Waals surface area contributed by atoms with Crippen LogP contribution in [0, 0.1) is 0 Å². The lowest BCUT2D eigenvalue weighted by molar-refractivity contribution is 1.10. The van der Waals surface area contributed by atoms with Crippen LogP contribution in [0.15, 0.2) is 48.5 Å². The molecule has 0 aliphatic rings. The molecule has 1 nitrogen and oxygen atoms in total. The van der Waals surface area contributed by atoms with Gasteiger partial charge in [0.1, 0.15) is 0 Å². The van der Waals surface area contributed by atoms with E-state index in [1.54, 1.807) is 0 Å². The van der Waals surface area contributed by atoms with E-state index < -0.39 is 0 Å². The summed E-state index contributed by atoms with van der Waals surface area (Å²) in [7, 11) is 0. The highest BCUT2D eigenvalue weighted by molar-refractivity contribution is 6.17. The van der Waals surface area contributed by atoms with Crippen molar-refractivity contribution in [3.8, 4) is 0 Å². The van der Waals surface area contributed by atoms with Crippen LogP contribution in [0.2, 0.25) is 0 Å². The third-order valence-corrected chi connectivity index (χ3v) is 4.54. The summed E-state index contributed by atoms with van der Waals surface area (Å²) < 4.78 is 0. The van der Waals surface area contributed by atoms with Crippen molar-refractivity contribution in [1.29, 1.82) is 0 Å². The first-order valence-electron chi connectivity index (χ1n) is 7.76. The Hall–Kier alpha value is -2.28. The molecule has 1 heteroatoms. The van der Waals surface area contributed by atoms with Crippen molar-refractivity contribution in [3.63, 3.8) is 0 Å². The molecular weight excluding hydrogens is 254 g/mol. The topological polar surface area (TPSA) is 15.8 Å². The number of aromatic nitrogens is 1. The van der Waals surface area contributed by atoms with Crippen LogP contribution in [0.4, 0.5) is 0 Å². The molecule has 0 saturated carbocycles. The average Bonchev–Trinajstić information content (AvgIpc) is 2.93. The summed E-state index contributed by atoms with van der Waals surface area (Å²) in [4.78, 5) is 3.69. The van der Waals surface area contributed by atoms with Gasteiger partial charge in [-0.2, -0.15) is 0 Å². The quantitative estimate of drug-likeness (QED) is 0.489. The number of benzene rings is 3. The van der Waals surface area contributed by atoms with E-state index in [0.717, 1.165) is 12.8 Å². The van der Waals surface area contributed by atoms with Crippen molar-refractivity contribution in [3.05, 3.63) is 59.7 Å². The number of aromatic amines is 1. The molecule has 1 N–H and O–H groups in total. The zero-order chi connectivity index (χ0) is 14.4. The van der Waals surface area contributed by atoms with E-state index in [2.05, 4.69) is 67.4 Å². The Labute approximate surface area is 124 Å². The lowest BCUT2D eigenvalue weighted by Gasteiger charge is -2.04. The molecule has 0 atom stereocenters. The number of hydrogen-bond donors (Lipinski definition) is 1. The summed E-state index contributed by atoms with van der Waals surface area (Å²) in [5, 5.41) is 5.32. The molecule has 4 aromatic rings. The fourth-order valence-electron chi connectivity index (χ4n) is 3.37. The van der Waals surface area contributed by atoms with Crippen molar-refractivity contribution in [2.45, 2.75) is 26.7 Å². The summed E-state index contributed by atoms with van der Waals surface area (Å²) in [5.41, 5.74) is 5.42. The van der Waals surface area contributed by atoms with Crippen LogP contribution in [0.3, 0.4) is 0 Å². The Morgan fingerprint density at radius 3 is 2.43 bits per heavy atom. The van der Waals surface area contributed by atoms with Gasteiger partial charge in [0.15, 0.2) is 0 Å². The summed E-state index contributed by atoms with van der Waals surface area (Å²) in [6, 6.07) is 17.8. The van der Waals surface area contributed by atoms with Crippen LogP contribution in [-0.2, 0) is 12.8 Å². The number of fused-ring (bicyclic) bond motifs is 5. The van der Waals surface area contributed by atoms with E-state index in [0.29, 0.717) is 0 Å². The first kappa shape index (κ1) is 12.5. The number of H-pyrrole nitrogens is 1. The highest BCUT2D eigenvalue weighted by atomic mass is 14.7. The van der Waals surface area contributed by atoms with Crippen LogP contribution in [0.1, 0.15) is 25.0 Å². The first-order valence-corrected chi connectivity index (χ1v) is 7.76. The molecule has 3 aromatic carbocycles. The Bertz CT molecular complexity index is 960. The van der Waals surface area contributed by atoms with Gasteiger partial charge in [0, 0.05) is 21.7 Å². The lowest BCUT2D eigenvalue weighted by Crippen LogP contribution is -1.87. The molecule has 0 radical (unpaired) electrons. The molecule has 0 saturated heterocycles. The molecule has 21 heavy (non-hydrogen) atoms. The Kier molecular flexibility index (Phi) is 2.75. The zero-order valence-electron chi connectivity index (χ0n) is 12.5. The van der Waals surface area contributed by atoms with Gasteiger partial charge in [0.25, 0.3) is 0 Å². The standard InChI is InChI=1S/C20H19N/c1-3-13-11-14(4-2)19-18(12-13)17-10-9-15-7-5-6-8-16(15)20(17)21-19/h5-12,21H,3-4H2,1-2H3. The predicted octanol–water partition coefficient (Wildman–Crippen LogP) is 5.60. The molecule has 0 unspecified atom stereocenters. The molecule has 0 spiro atoms. The minimum Gasteiger partial charge on any atom is -0.354 e. The van der Waals surface area contributed by atoms with Crippen LogP contribution in [0.5, 0.6) is 0 Å².